The van der Waals surface area contributed by atoms with Crippen LogP contribution in [0.4, 0.5) is 0 Å². The number of aromatic nitrogens is 1. The van der Waals surface area contributed by atoms with Crippen molar-refractivity contribution in [3.63, 3.8) is 0 Å². The quantitative estimate of drug-likeness (QED) is 0.888. The molecule has 0 bridgehead atoms. The van der Waals surface area contributed by atoms with Crippen molar-refractivity contribution < 1.29 is 14.3 Å². The van der Waals surface area contributed by atoms with Gasteiger partial charge in [-0.25, -0.2) is 4.98 Å². The Morgan fingerprint density at radius 3 is 2.67 bits per heavy atom. The Morgan fingerprint density at radius 2 is 2.14 bits per heavy atom. The summed E-state index contributed by atoms with van der Waals surface area (Å²) in [4.78, 5) is 30.6. The van der Waals surface area contributed by atoms with Crippen LogP contribution in [-0.4, -0.2) is 47.0 Å². The van der Waals surface area contributed by atoms with Crippen LogP contribution in [-0.2, 0) is 14.9 Å². The van der Waals surface area contributed by atoms with Gasteiger partial charge in [-0.15, -0.1) is 11.3 Å². The minimum atomic E-state index is -0.730. The van der Waals surface area contributed by atoms with Crippen LogP contribution in [0.15, 0.2) is 6.20 Å². The molecule has 1 fully saturated rings. The summed E-state index contributed by atoms with van der Waals surface area (Å²) >= 11 is 1.36. The van der Waals surface area contributed by atoms with Gasteiger partial charge >= 0.3 is 0 Å². The van der Waals surface area contributed by atoms with Crippen LogP contribution in [0, 0.1) is 0 Å². The van der Waals surface area contributed by atoms with Crippen LogP contribution >= 0.6 is 11.3 Å². The summed E-state index contributed by atoms with van der Waals surface area (Å²) in [5, 5.41) is 0.891. The fraction of sp³-hybridized carbons (Fsp3) is 0.643. The number of amides is 2. The lowest BCUT2D eigenvalue weighted by atomic mass is 9.98. The lowest BCUT2D eigenvalue weighted by Gasteiger charge is -2.37. The molecule has 0 aliphatic carbocycles. The van der Waals surface area contributed by atoms with Gasteiger partial charge < -0.3 is 15.4 Å². The molecule has 0 radical (unpaired) electrons. The number of thiazole rings is 1. The Morgan fingerprint density at radius 1 is 1.48 bits per heavy atom. The Kier molecular flexibility index (Phi) is 4.34. The smallest absolute Gasteiger partial charge is 0.266 e. The molecule has 1 aliphatic heterocycles. The maximum absolute atomic E-state index is 12.6. The third kappa shape index (κ3) is 3.24. The number of hydrogen-bond acceptors (Lipinski definition) is 5. The fourth-order valence-electron chi connectivity index (χ4n) is 2.29. The molecule has 1 aliphatic rings. The third-order valence-electron chi connectivity index (χ3n) is 3.40. The van der Waals surface area contributed by atoms with E-state index in [1.807, 2.05) is 20.8 Å². The van der Waals surface area contributed by atoms with E-state index in [0.29, 0.717) is 18.0 Å². The number of carbonyl (C=O) groups is 2. The average molecular weight is 311 g/mol. The summed E-state index contributed by atoms with van der Waals surface area (Å²) in [5.74, 6) is -0.752. The Balaban J connectivity index is 2.25. The van der Waals surface area contributed by atoms with Crippen molar-refractivity contribution in [2.45, 2.75) is 45.3 Å². The number of ether oxygens (including phenoxy) is 1. The molecule has 21 heavy (non-hydrogen) atoms. The van der Waals surface area contributed by atoms with Crippen molar-refractivity contribution in [3.05, 3.63) is 16.1 Å². The van der Waals surface area contributed by atoms with Gasteiger partial charge in [-0.3, -0.25) is 9.59 Å². The minimum absolute atomic E-state index is 0.107. The summed E-state index contributed by atoms with van der Waals surface area (Å²) in [6.07, 6.45) is 1.18. The summed E-state index contributed by atoms with van der Waals surface area (Å²) in [6.45, 7) is 8.65. The van der Waals surface area contributed by atoms with Gasteiger partial charge in [-0.1, -0.05) is 20.8 Å². The van der Waals surface area contributed by atoms with Gasteiger partial charge in [0.2, 0.25) is 5.91 Å². The highest BCUT2D eigenvalue weighted by Gasteiger charge is 2.37. The molecule has 2 heterocycles. The van der Waals surface area contributed by atoms with Crippen LogP contribution in [0.5, 0.6) is 0 Å². The largest absolute Gasteiger partial charge is 0.374 e. The van der Waals surface area contributed by atoms with Gasteiger partial charge in [0, 0.05) is 12.0 Å². The summed E-state index contributed by atoms with van der Waals surface area (Å²) in [6, 6.07) is -0.730. The molecule has 0 unspecified atom stereocenters. The van der Waals surface area contributed by atoms with E-state index in [1.54, 1.807) is 13.1 Å². The van der Waals surface area contributed by atoms with E-state index < -0.39 is 18.1 Å². The van der Waals surface area contributed by atoms with Crippen molar-refractivity contribution >= 4 is 23.2 Å². The van der Waals surface area contributed by atoms with Gasteiger partial charge in [0.15, 0.2) is 0 Å². The lowest BCUT2D eigenvalue weighted by molar-refractivity contribution is -0.132. The monoisotopic (exact) mass is 311 g/mol. The second-order valence-corrected chi connectivity index (χ2v) is 7.23. The molecule has 2 rings (SSSR count). The highest BCUT2D eigenvalue weighted by atomic mass is 32.1. The molecule has 6 nitrogen and oxygen atoms in total. The number of nitrogens with two attached hydrogens (primary N) is 1. The molecule has 2 amide bonds. The molecule has 0 aromatic carbocycles. The standard InChI is InChI=1S/C14H21N3O3S/c1-8-10(11(15)18)17(5-6-20-8)12(19)9-7-16-13(21-9)14(2,3)4/h7-8,10H,5-6H2,1-4H3,(H2,15,18)/t8-,10+/m1/s1. The molecule has 2 atom stereocenters. The number of morpholine rings is 1. The first kappa shape index (κ1) is 15.9. The van der Waals surface area contributed by atoms with E-state index in [-0.39, 0.29) is 11.3 Å². The van der Waals surface area contributed by atoms with Crippen molar-refractivity contribution in [2.75, 3.05) is 13.2 Å². The number of rotatable bonds is 2. The van der Waals surface area contributed by atoms with Gasteiger partial charge in [0.05, 0.1) is 23.9 Å². The molecular formula is C14H21N3O3S. The molecular weight excluding hydrogens is 290 g/mol. The average Bonchev–Trinajstić information content (AvgIpc) is 2.86. The zero-order valence-corrected chi connectivity index (χ0v) is 13.6. The third-order valence-corrected chi connectivity index (χ3v) is 4.81. The molecule has 1 aromatic rings. The Labute approximate surface area is 128 Å². The highest BCUT2D eigenvalue weighted by Crippen LogP contribution is 2.28. The molecule has 1 aromatic heterocycles. The van der Waals surface area contributed by atoms with E-state index in [9.17, 15) is 9.59 Å². The second-order valence-electron chi connectivity index (χ2n) is 6.20. The van der Waals surface area contributed by atoms with Crippen molar-refractivity contribution in [1.82, 2.24) is 9.88 Å². The zero-order chi connectivity index (χ0) is 15.8. The van der Waals surface area contributed by atoms with Crippen LogP contribution < -0.4 is 5.73 Å². The first-order valence-electron chi connectivity index (χ1n) is 6.90. The molecule has 116 valence electrons. The number of hydrogen-bond donors (Lipinski definition) is 1. The van der Waals surface area contributed by atoms with Crippen LogP contribution in [0.1, 0.15) is 42.4 Å². The molecule has 0 saturated carbocycles. The maximum atomic E-state index is 12.6. The SMILES string of the molecule is C[C@H]1OCCN(C(=O)c2cnc(C(C)(C)C)s2)[C@@H]1C(N)=O. The fourth-order valence-corrected chi connectivity index (χ4v) is 3.22. The van der Waals surface area contributed by atoms with Gasteiger partial charge in [-0.05, 0) is 6.92 Å². The molecule has 2 N–H and O–H groups in total. The zero-order valence-electron chi connectivity index (χ0n) is 12.8. The Bertz CT molecular complexity index is 550. The van der Waals surface area contributed by atoms with Gasteiger partial charge in [0.1, 0.15) is 10.9 Å². The highest BCUT2D eigenvalue weighted by molar-refractivity contribution is 7.13. The first-order valence-corrected chi connectivity index (χ1v) is 7.71. The summed E-state index contributed by atoms with van der Waals surface area (Å²) in [7, 11) is 0. The van der Waals surface area contributed by atoms with E-state index in [0.717, 1.165) is 5.01 Å². The predicted octanol–water partition coefficient (Wildman–Crippen LogP) is 1.16. The summed E-state index contributed by atoms with van der Waals surface area (Å²) in [5.41, 5.74) is 5.31. The molecule has 1 saturated heterocycles. The number of carbonyl (C=O) groups excluding carboxylic acids is 2. The van der Waals surface area contributed by atoms with Crippen molar-refractivity contribution in [2.24, 2.45) is 5.73 Å². The van der Waals surface area contributed by atoms with Crippen LogP contribution in [0.2, 0.25) is 0 Å². The normalized spacial score (nSPS) is 23.1. The minimum Gasteiger partial charge on any atom is -0.374 e. The lowest BCUT2D eigenvalue weighted by Crippen LogP contribution is -2.58. The second kappa shape index (κ2) is 5.73. The first-order chi connectivity index (χ1) is 9.71. The van der Waals surface area contributed by atoms with E-state index in [1.165, 1.54) is 16.2 Å². The van der Waals surface area contributed by atoms with E-state index in [2.05, 4.69) is 4.98 Å². The van der Waals surface area contributed by atoms with E-state index in [4.69, 9.17) is 10.5 Å². The summed E-state index contributed by atoms with van der Waals surface area (Å²) < 4.78 is 5.42. The van der Waals surface area contributed by atoms with E-state index >= 15 is 0 Å². The molecule has 7 heteroatoms. The van der Waals surface area contributed by atoms with Crippen molar-refractivity contribution in [3.8, 4) is 0 Å². The van der Waals surface area contributed by atoms with Gasteiger partial charge in [0.25, 0.3) is 5.91 Å². The van der Waals surface area contributed by atoms with Crippen LogP contribution in [0.25, 0.3) is 0 Å². The Hall–Kier alpha value is -1.47. The van der Waals surface area contributed by atoms with Crippen LogP contribution in [0.3, 0.4) is 0 Å². The predicted molar refractivity (Wildman–Crippen MR) is 80.2 cm³/mol. The topological polar surface area (TPSA) is 85.5 Å². The van der Waals surface area contributed by atoms with Gasteiger partial charge in [-0.2, -0.15) is 0 Å². The number of primary amides is 1. The molecule has 0 spiro atoms. The number of nitrogens with zero attached hydrogens (tertiary/aromatic N) is 2. The van der Waals surface area contributed by atoms with Crippen molar-refractivity contribution in [1.29, 1.82) is 0 Å². The maximum Gasteiger partial charge on any atom is 0.266 e.